The number of nitrogens with zero attached hydrogens (tertiary/aromatic N) is 2. The SMILES string of the molecule is CC(C)[C@@H](NC(=O)CCc1ccccc1)c1nc(-c2cccc(Cl)c2)no1. The minimum Gasteiger partial charge on any atom is -0.344 e. The zero-order valence-electron chi connectivity index (χ0n) is 15.4. The van der Waals surface area contributed by atoms with Crippen LogP contribution in [0.3, 0.4) is 0 Å². The molecule has 0 aliphatic heterocycles. The molecule has 0 fully saturated rings. The molecule has 3 rings (SSSR count). The van der Waals surface area contributed by atoms with E-state index in [2.05, 4.69) is 15.5 Å². The lowest BCUT2D eigenvalue weighted by molar-refractivity contribution is -0.122. The van der Waals surface area contributed by atoms with Crippen LogP contribution in [0.2, 0.25) is 5.02 Å². The normalized spacial score (nSPS) is 12.1. The molecule has 0 aliphatic carbocycles. The molecule has 1 heterocycles. The van der Waals surface area contributed by atoms with E-state index in [1.165, 1.54) is 0 Å². The Hall–Kier alpha value is -2.66. The quantitative estimate of drug-likeness (QED) is 0.634. The number of carbonyl (C=O) groups is 1. The predicted octanol–water partition coefficient (Wildman–Crippen LogP) is 4.84. The lowest BCUT2D eigenvalue weighted by Gasteiger charge is -2.18. The maximum Gasteiger partial charge on any atom is 0.249 e. The van der Waals surface area contributed by atoms with Crippen LogP contribution in [0.25, 0.3) is 11.4 Å². The lowest BCUT2D eigenvalue weighted by atomic mass is 10.0. The maximum atomic E-state index is 12.4. The molecular formula is C21H22ClN3O2. The first-order valence-corrected chi connectivity index (χ1v) is 9.33. The predicted molar refractivity (Wildman–Crippen MR) is 105 cm³/mol. The van der Waals surface area contributed by atoms with Gasteiger partial charge in [0.25, 0.3) is 0 Å². The van der Waals surface area contributed by atoms with Crippen molar-refractivity contribution >= 4 is 17.5 Å². The number of carbonyl (C=O) groups excluding carboxylic acids is 1. The molecule has 5 nitrogen and oxygen atoms in total. The summed E-state index contributed by atoms with van der Waals surface area (Å²) in [5.41, 5.74) is 1.91. The van der Waals surface area contributed by atoms with E-state index < -0.39 is 0 Å². The number of benzene rings is 2. The highest BCUT2D eigenvalue weighted by Gasteiger charge is 2.24. The Labute approximate surface area is 163 Å². The van der Waals surface area contributed by atoms with Crippen LogP contribution < -0.4 is 5.32 Å². The fourth-order valence-electron chi connectivity index (χ4n) is 2.77. The van der Waals surface area contributed by atoms with E-state index in [1.54, 1.807) is 12.1 Å². The van der Waals surface area contributed by atoms with Crippen LogP contribution in [-0.2, 0) is 11.2 Å². The Morgan fingerprint density at radius 3 is 2.63 bits per heavy atom. The summed E-state index contributed by atoms with van der Waals surface area (Å²) in [5, 5.41) is 7.66. The molecule has 0 aliphatic rings. The maximum absolute atomic E-state index is 12.4. The number of nitrogens with one attached hydrogen (secondary N) is 1. The standard InChI is InChI=1S/C21H22ClN3O2/c1-14(2)19(23-18(26)12-11-15-7-4-3-5-8-15)21-24-20(25-27-21)16-9-6-10-17(22)13-16/h3-10,13-14,19H,11-12H2,1-2H3,(H,23,26)/t19-/m1/s1. The van der Waals surface area contributed by atoms with E-state index >= 15 is 0 Å². The summed E-state index contributed by atoms with van der Waals surface area (Å²) >= 11 is 6.03. The van der Waals surface area contributed by atoms with Crippen LogP contribution in [0, 0.1) is 5.92 Å². The minimum atomic E-state index is -0.339. The summed E-state index contributed by atoms with van der Waals surface area (Å²) in [7, 11) is 0. The van der Waals surface area contributed by atoms with Gasteiger partial charge in [0.1, 0.15) is 6.04 Å². The van der Waals surface area contributed by atoms with Crippen LogP contribution >= 0.6 is 11.6 Å². The molecule has 0 spiro atoms. The van der Waals surface area contributed by atoms with E-state index in [0.29, 0.717) is 29.6 Å². The van der Waals surface area contributed by atoms with Crippen molar-refractivity contribution in [3.8, 4) is 11.4 Å². The summed E-state index contributed by atoms with van der Waals surface area (Å²) < 4.78 is 5.43. The molecule has 6 heteroatoms. The van der Waals surface area contributed by atoms with Crippen LogP contribution in [-0.4, -0.2) is 16.0 Å². The Balaban J connectivity index is 1.68. The zero-order chi connectivity index (χ0) is 19.2. The Kier molecular flexibility index (Phi) is 6.24. The summed E-state index contributed by atoms with van der Waals surface area (Å²) in [6.07, 6.45) is 1.09. The molecule has 0 unspecified atom stereocenters. The number of aromatic nitrogens is 2. The van der Waals surface area contributed by atoms with Gasteiger partial charge in [-0.05, 0) is 30.0 Å². The van der Waals surface area contributed by atoms with Gasteiger partial charge in [-0.3, -0.25) is 4.79 Å². The highest BCUT2D eigenvalue weighted by Crippen LogP contribution is 2.25. The van der Waals surface area contributed by atoms with Gasteiger partial charge >= 0.3 is 0 Å². The van der Waals surface area contributed by atoms with E-state index in [4.69, 9.17) is 16.1 Å². The Bertz CT molecular complexity index is 893. The van der Waals surface area contributed by atoms with Crippen molar-refractivity contribution in [3.63, 3.8) is 0 Å². The van der Waals surface area contributed by atoms with Crippen molar-refractivity contribution in [2.75, 3.05) is 0 Å². The molecule has 0 radical (unpaired) electrons. The number of rotatable bonds is 7. The van der Waals surface area contributed by atoms with Crippen LogP contribution in [0.5, 0.6) is 0 Å². The Morgan fingerprint density at radius 1 is 1.15 bits per heavy atom. The smallest absolute Gasteiger partial charge is 0.249 e. The van der Waals surface area contributed by atoms with Crippen molar-refractivity contribution in [1.82, 2.24) is 15.5 Å². The van der Waals surface area contributed by atoms with E-state index in [9.17, 15) is 4.79 Å². The molecule has 27 heavy (non-hydrogen) atoms. The van der Waals surface area contributed by atoms with Gasteiger partial charge in [-0.1, -0.05) is 73.1 Å². The second-order valence-electron chi connectivity index (χ2n) is 6.74. The third-order valence-corrected chi connectivity index (χ3v) is 4.49. The Morgan fingerprint density at radius 2 is 1.93 bits per heavy atom. The van der Waals surface area contributed by atoms with Gasteiger partial charge in [0.2, 0.25) is 17.6 Å². The summed E-state index contributed by atoms with van der Waals surface area (Å²) in [5.74, 6) is 0.920. The fraction of sp³-hybridized carbons (Fsp3) is 0.286. The molecule has 3 aromatic rings. The molecule has 1 aromatic heterocycles. The van der Waals surface area contributed by atoms with Crippen molar-refractivity contribution in [3.05, 3.63) is 71.1 Å². The highest BCUT2D eigenvalue weighted by molar-refractivity contribution is 6.30. The summed E-state index contributed by atoms with van der Waals surface area (Å²) in [4.78, 5) is 16.9. The van der Waals surface area contributed by atoms with Crippen molar-refractivity contribution in [2.45, 2.75) is 32.7 Å². The first-order valence-electron chi connectivity index (χ1n) is 8.96. The van der Waals surface area contributed by atoms with Crippen LogP contribution in [0.15, 0.2) is 59.1 Å². The van der Waals surface area contributed by atoms with E-state index in [0.717, 1.165) is 11.1 Å². The first-order chi connectivity index (χ1) is 13.0. The largest absolute Gasteiger partial charge is 0.344 e. The van der Waals surface area contributed by atoms with Gasteiger partial charge in [0.15, 0.2) is 0 Å². The second kappa shape index (κ2) is 8.82. The number of halogens is 1. The third-order valence-electron chi connectivity index (χ3n) is 4.26. The van der Waals surface area contributed by atoms with Gasteiger partial charge in [-0.25, -0.2) is 0 Å². The van der Waals surface area contributed by atoms with Crippen LogP contribution in [0.4, 0.5) is 0 Å². The van der Waals surface area contributed by atoms with Gasteiger partial charge in [-0.2, -0.15) is 4.98 Å². The van der Waals surface area contributed by atoms with Crippen LogP contribution in [0.1, 0.15) is 37.8 Å². The molecule has 1 N–H and O–H groups in total. The highest BCUT2D eigenvalue weighted by atomic mass is 35.5. The van der Waals surface area contributed by atoms with Crippen molar-refractivity contribution < 1.29 is 9.32 Å². The van der Waals surface area contributed by atoms with E-state index in [1.807, 2.05) is 56.3 Å². The molecule has 1 atom stereocenters. The van der Waals surface area contributed by atoms with Crippen molar-refractivity contribution in [1.29, 1.82) is 0 Å². The average molecular weight is 384 g/mol. The molecule has 0 saturated heterocycles. The second-order valence-corrected chi connectivity index (χ2v) is 7.18. The average Bonchev–Trinajstić information content (AvgIpc) is 3.15. The summed E-state index contributed by atoms with van der Waals surface area (Å²) in [6.45, 7) is 4.01. The third kappa shape index (κ3) is 5.17. The molecular weight excluding hydrogens is 362 g/mol. The first kappa shape index (κ1) is 19.1. The molecule has 0 bridgehead atoms. The van der Waals surface area contributed by atoms with Gasteiger partial charge in [-0.15, -0.1) is 0 Å². The van der Waals surface area contributed by atoms with E-state index in [-0.39, 0.29) is 17.9 Å². The molecule has 1 amide bonds. The number of hydrogen-bond acceptors (Lipinski definition) is 4. The molecule has 2 aromatic carbocycles. The van der Waals surface area contributed by atoms with Gasteiger partial charge < -0.3 is 9.84 Å². The molecule has 140 valence electrons. The lowest BCUT2D eigenvalue weighted by Crippen LogP contribution is -2.32. The monoisotopic (exact) mass is 383 g/mol. The number of aryl methyl sites for hydroxylation is 1. The summed E-state index contributed by atoms with van der Waals surface area (Å²) in [6, 6.07) is 16.9. The number of amides is 1. The molecule has 0 saturated carbocycles. The zero-order valence-corrected chi connectivity index (χ0v) is 16.1. The van der Waals surface area contributed by atoms with Gasteiger partial charge in [0, 0.05) is 17.0 Å². The minimum absolute atomic E-state index is 0.0416. The van der Waals surface area contributed by atoms with Crippen molar-refractivity contribution in [2.24, 2.45) is 5.92 Å². The topological polar surface area (TPSA) is 68.0 Å². The fourth-order valence-corrected chi connectivity index (χ4v) is 2.96. The van der Waals surface area contributed by atoms with Gasteiger partial charge in [0.05, 0.1) is 0 Å². The number of hydrogen-bond donors (Lipinski definition) is 1.